The molecule has 0 radical (unpaired) electrons. The molecule has 12 heteroatoms. The van der Waals surface area contributed by atoms with E-state index in [0.29, 0.717) is 25.9 Å². The van der Waals surface area contributed by atoms with Crippen LogP contribution < -0.4 is 10.9 Å². The first-order chi connectivity index (χ1) is 15.8. The van der Waals surface area contributed by atoms with Gasteiger partial charge in [0, 0.05) is 24.4 Å². The van der Waals surface area contributed by atoms with E-state index in [9.17, 15) is 23.6 Å². The van der Waals surface area contributed by atoms with E-state index in [1.807, 2.05) is 0 Å². The molecule has 1 fully saturated rings. The number of esters is 1. The highest BCUT2D eigenvalue weighted by molar-refractivity contribution is 7.09. The summed E-state index contributed by atoms with van der Waals surface area (Å²) in [6, 6.07) is 4.13. The molecule has 2 heterocycles. The normalized spacial score (nSPS) is 14.0. The highest BCUT2D eigenvalue weighted by Gasteiger charge is 2.29. The summed E-state index contributed by atoms with van der Waals surface area (Å²) in [5, 5.41) is 2.37. The third kappa shape index (κ3) is 6.26. The average Bonchev–Trinajstić information content (AvgIpc) is 3.28. The van der Waals surface area contributed by atoms with E-state index in [1.54, 1.807) is 17.2 Å². The summed E-state index contributed by atoms with van der Waals surface area (Å²) >= 11 is 7.31. The van der Waals surface area contributed by atoms with Gasteiger partial charge in [0.2, 0.25) is 5.91 Å². The molecule has 1 aliphatic heterocycles. The second-order valence-corrected chi connectivity index (χ2v) is 8.52. The molecule has 0 spiro atoms. The van der Waals surface area contributed by atoms with E-state index in [2.05, 4.69) is 20.6 Å². The molecule has 3 amide bonds. The largest absolute Gasteiger partial charge is 0.466 e. The van der Waals surface area contributed by atoms with Crippen molar-refractivity contribution in [1.29, 1.82) is 0 Å². The zero-order chi connectivity index (χ0) is 24.0. The number of likely N-dealkylation sites (tertiary alicyclic amines) is 1. The van der Waals surface area contributed by atoms with Gasteiger partial charge in [-0.25, -0.2) is 9.37 Å². The number of ether oxygens (including phenoxy) is 1. The van der Waals surface area contributed by atoms with Crippen molar-refractivity contribution in [3.05, 3.63) is 50.7 Å². The molecular weight excluding hydrogens is 475 g/mol. The quantitative estimate of drug-likeness (QED) is 0.360. The second kappa shape index (κ2) is 11.2. The molecule has 176 valence electrons. The van der Waals surface area contributed by atoms with Crippen LogP contribution in [0.4, 0.5) is 4.39 Å². The molecule has 1 aromatic heterocycles. The number of hydrogen-bond donors (Lipinski definition) is 2. The highest BCUT2D eigenvalue weighted by Crippen LogP contribution is 2.31. The Morgan fingerprint density at radius 3 is 2.64 bits per heavy atom. The standard InChI is InChI=1S/C21H22ClFN4O5S/c1-2-32-17(29)10-16(28)25-26-19(30)15-11-33-20(24-15)12-6-8-27(9-7-12)21(31)18-13(22)4-3-5-14(18)23/h3-5,11-12H,2,6-10H2,1H3,(H,25,28)(H,26,30). The van der Waals surface area contributed by atoms with Crippen molar-refractivity contribution in [3.8, 4) is 0 Å². The van der Waals surface area contributed by atoms with Crippen LogP contribution in [0.1, 0.15) is 58.0 Å². The fourth-order valence-electron chi connectivity index (χ4n) is 3.35. The van der Waals surface area contributed by atoms with Crippen LogP contribution >= 0.6 is 22.9 Å². The molecular formula is C21H22ClFN4O5S. The van der Waals surface area contributed by atoms with E-state index >= 15 is 0 Å². The second-order valence-electron chi connectivity index (χ2n) is 7.22. The van der Waals surface area contributed by atoms with Gasteiger partial charge in [-0.2, -0.15) is 0 Å². The van der Waals surface area contributed by atoms with Crippen molar-refractivity contribution in [2.24, 2.45) is 0 Å². The molecule has 0 atom stereocenters. The molecule has 3 rings (SSSR count). The number of nitrogens with one attached hydrogen (secondary N) is 2. The van der Waals surface area contributed by atoms with E-state index in [0.717, 1.165) is 5.01 Å². The van der Waals surface area contributed by atoms with E-state index in [-0.39, 0.29) is 28.8 Å². The zero-order valence-corrected chi connectivity index (χ0v) is 19.3. The minimum Gasteiger partial charge on any atom is -0.466 e. The summed E-state index contributed by atoms with van der Waals surface area (Å²) in [6.45, 7) is 2.58. The van der Waals surface area contributed by atoms with Crippen LogP contribution in [0.2, 0.25) is 5.02 Å². The number of hydrogen-bond acceptors (Lipinski definition) is 7. The molecule has 33 heavy (non-hydrogen) atoms. The first-order valence-corrected chi connectivity index (χ1v) is 11.5. The number of thiazole rings is 1. The number of aromatic nitrogens is 1. The Kier molecular flexibility index (Phi) is 8.34. The SMILES string of the molecule is CCOC(=O)CC(=O)NNC(=O)c1csc(C2CCN(C(=O)c3c(F)cccc3Cl)CC2)n1. The maximum absolute atomic E-state index is 14.1. The average molecular weight is 497 g/mol. The number of carbonyl (C=O) groups excluding carboxylic acids is 4. The number of amides is 3. The van der Waals surface area contributed by atoms with Crippen LogP contribution in [0, 0.1) is 5.82 Å². The summed E-state index contributed by atoms with van der Waals surface area (Å²) in [5.74, 6) is -3.08. The van der Waals surface area contributed by atoms with Crippen molar-refractivity contribution in [1.82, 2.24) is 20.7 Å². The zero-order valence-electron chi connectivity index (χ0n) is 17.7. The first-order valence-electron chi connectivity index (χ1n) is 10.2. The van der Waals surface area contributed by atoms with Crippen LogP contribution in [0.25, 0.3) is 0 Å². The van der Waals surface area contributed by atoms with Crippen molar-refractivity contribution >= 4 is 46.6 Å². The predicted molar refractivity (Wildman–Crippen MR) is 118 cm³/mol. The van der Waals surface area contributed by atoms with Gasteiger partial charge in [-0.1, -0.05) is 17.7 Å². The van der Waals surface area contributed by atoms with Crippen LogP contribution in [-0.4, -0.2) is 53.3 Å². The van der Waals surface area contributed by atoms with E-state index in [4.69, 9.17) is 11.6 Å². The number of benzene rings is 1. The molecule has 0 unspecified atom stereocenters. The Labute approximate surface area is 198 Å². The molecule has 2 aromatic rings. The van der Waals surface area contributed by atoms with Gasteiger partial charge in [-0.15, -0.1) is 11.3 Å². The summed E-state index contributed by atoms with van der Waals surface area (Å²) in [5.41, 5.74) is 4.35. The molecule has 1 aromatic carbocycles. The topological polar surface area (TPSA) is 118 Å². The number of rotatable bonds is 6. The van der Waals surface area contributed by atoms with Gasteiger partial charge in [0.05, 0.1) is 22.2 Å². The van der Waals surface area contributed by atoms with Crippen LogP contribution in [0.3, 0.4) is 0 Å². The monoisotopic (exact) mass is 496 g/mol. The lowest BCUT2D eigenvalue weighted by Crippen LogP contribution is -2.42. The number of piperidine rings is 1. The third-order valence-electron chi connectivity index (χ3n) is 4.99. The number of hydrazine groups is 1. The van der Waals surface area contributed by atoms with Gasteiger partial charge in [0.1, 0.15) is 17.9 Å². The third-order valence-corrected chi connectivity index (χ3v) is 6.31. The summed E-state index contributed by atoms with van der Waals surface area (Å²) in [4.78, 5) is 53.7. The Morgan fingerprint density at radius 2 is 1.97 bits per heavy atom. The van der Waals surface area contributed by atoms with Crippen LogP contribution in [0.5, 0.6) is 0 Å². The minimum atomic E-state index is -0.704. The van der Waals surface area contributed by atoms with Crippen molar-refractivity contribution in [2.75, 3.05) is 19.7 Å². The smallest absolute Gasteiger partial charge is 0.315 e. The molecule has 1 aliphatic rings. The lowest BCUT2D eigenvalue weighted by molar-refractivity contribution is -0.146. The van der Waals surface area contributed by atoms with Gasteiger partial charge < -0.3 is 9.64 Å². The fourth-order valence-corrected chi connectivity index (χ4v) is 4.56. The first kappa shape index (κ1) is 24.6. The molecule has 0 saturated carbocycles. The Balaban J connectivity index is 1.51. The van der Waals surface area contributed by atoms with Crippen molar-refractivity contribution in [2.45, 2.75) is 32.1 Å². The van der Waals surface area contributed by atoms with Gasteiger partial charge in [-0.3, -0.25) is 30.0 Å². The van der Waals surface area contributed by atoms with Gasteiger partial charge in [0.25, 0.3) is 11.8 Å². The Bertz CT molecular complexity index is 1030. The molecule has 2 N–H and O–H groups in total. The van der Waals surface area contributed by atoms with E-state index < -0.39 is 35.9 Å². The lowest BCUT2D eigenvalue weighted by Gasteiger charge is -2.31. The summed E-state index contributed by atoms with van der Waals surface area (Å²) in [7, 11) is 0. The Morgan fingerprint density at radius 1 is 1.24 bits per heavy atom. The predicted octanol–water partition coefficient (Wildman–Crippen LogP) is 2.67. The molecule has 9 nitrogen and oxygen atoms in total. The lowest BCUT2D eigenvalue weighted by atomic mass is 9.97. The Hall–Kier alpha value is -3.05. The van der Waals surface area contributed by atoms with Gasteiger partial charge in [0.15, 0.2) is 0 Å². The highest BCUT2D eigenvalue weighted by atomic mass is 35.5. The van der Waals surface area contributed by atoms with Crippen molar-refractivity contribution < 1.29 is 28.3 Å². The maximum Gasteiger partial charge on any atom is 0.315 e. The van der Waals surface area contributed by atoms with Crippen LogP contribution in [0.15, 0.2) is 23.6 Å². The van der Waals surface area contributed by atoms with Gasteiger partial charge >= 0.3 is 5.97 Å². The van der Waals surface area contributed by atoms with Crippen molar-refractivity contribution in [3.63, 3.8) is 0 Å². The van der Waals surface area contributed by atoms with Crippen LogP contribution in [-0.2, 0) is 14.3 Å². The molecule has 1 saturated heterocycles. The number of carbonyl (C=O) groups is 4. The molecule has 0 aliphatic carbocycles. The number of halogens is 2. The van der Waals surface area contributed by atoms with Gasteiger partial charge in [-0.05, 0) is 31.9 Å². The minimum absolute atomic E-state index is 0.0371. The summed E-state index contributed by atoms with van der Waals surface area (Å²) < 4.78 is 18.7. The maximum atomic E-state index is 14.1. The summed E-state index contributed by atoms with van der Waals surface area (Å²) in [6.07, 6.45) is 0.692. The fraction of sp³-hybridized carbons (Fsp3) is 0.381. The molecule has 0 bridgehead atoms. The van der Waals surface area contributed by atoms with E-state index in [1.165, 1.54) is 29.5 Å². The number of nitrogens with zero attached hydrogens (tertiary/aromatic N) is 2.